The van der Waals surface area contributed by atoms with Gasteiger partial charge in [0.1, 0.15) is 12.2 Å². The monoisotopic (exact) mass is 299 g/mol. The Hall–Kier alpha value is -2.14. The highest BCUT2D eigenvalue weighted by atomic mass is 16.2. The molecule has 0 radical (unpaired) electrons. The molecule has 1 amide bonds. The van der Waals surface area contributed by atoms with Crippen molar-refractivity contribution in [2.45, 2.75) is 25.4 Å². The SMILES string of the molecule is Cn1nccc1C(=O)NC1CC[NH+](Cc2ccccc2)CC1. The molecule has 5 nitrogen and oxygen atoms in total. The lowest BCUT2D eigenvalue weighted by atomic mass is 10.0. The molecule has 2 N–H and O–H groups in total. The summed E-state index contributed by atoms with van der Waals surface area (Å²) in [4.78, 5) is 13.8. The van der Waals surface area contributed by atoms with Crippen molar-refractivity contribution < 1.29 is 9.69 Å². The smallest absolute Gasteiger partial charge is 0.269 e. The van der Waals surface area contributed by atoms with Crippen LogP contribution in [-0.2, 0) is 13.6 Å². The van der Waals surface area contributed by atoms with Crippen LogP contribution in [0.4, 0.5) is 0 Å². The molecule has 0 aliphatic carbocycles. The Morgan fingerprint density at radius 1 is 1.27 bits per heavy atom. The highest BCUT2D eigenvalue weighted by molar-refractivity contribution is 5.92. The van der Waals surface area contributed by atoms with Crippen LogP contribution in [0.2, 0.25) is 0 Å². The van der Waals surface area contributed by atoms with Gasteiger partial charge in [0.2, 0.25) is 0 Å². The lowest BCUT2D eigenvalue weighted by Gasteiger charge is -2.29. The molecule has 1 saturated heterocycles. The molecule has 1 aromatic heterocycles. The zero-order valence-corrected chi connectivity index (χ0v) is 13.0. The molecule has 0 bridgehead atoms. The first kappa shape index (κ1) is 14.8. The van der Waals surface area contributed by atoms with E-state index >= 15 is 0 Å². The molecule has 3 rings (SSSR count). The van der Waals surface area contributed by atoms with Gasteiger partial charge in [-0.05, 0) is 6.07 Å². The zero-order chi connectivity index (χ0) is 15.4. The fourth-order valence-corrected chi connectivity index (χ4v) is 3.09. The van der Waals surface area contributed by atoms with E-state index in [0.717, 1.165) is 32.5 Å². The summed E-state index contributed by atoms with van der Waals surface area (Å²) < 4.78 is 1.62. The largest absolute Gasteiger partial charge is 0.348 e. The number of benzene rings is 1. The number of likely N-dealkylation sites (tertiary alicyclic amines) is 1. The van der Waals surface area contributed by atoms with Crippen molar-refractivity contribution in [3.8, 4) is 0 Å². The van der Waals surface area contributed by atoms with Crippen LogP contribution in [0.3, 0.4) is 0 Å². The maximum absolute atomic E-state index is 12.2. The van der Waals surface area contributed by atoms with Crippen LogP contribution >= 0.6 is 0 Å². The Bertz CT molecular complexity index is 615. The molecule has 2 heterocycles. The molecule has 0 saturated carbocycles. The number of hydrogen-bond acceptors (Lipinski definition) is 2. The van der Waals surface area contributed by atoms with Gasteiger partial charge in [0.05, 0.1) is 13.1 Å². The van der Waals surface area contributed by atoms with E-state index in [1.165, 1.54) is 5.56 Å². The maximum atomic E-state index is 12.2. The van der Waals surface area contributed by atoms with E-state index in [9.17, 15) is 4.79 Å². The van der Waals surface area contributed by atoms with Gasteiger partial charge >= 0.3 is 0 Å². The second-order valence-corrected chi connectivity index (χ2v) is 6.00. The fraction of sp³-hybridized carbons (Fsp3) is 0.412. The molecule has 1 aromatic carbocycles. The molecule has 0 unspecified atom stereocenters. The Kier molecular flexibility index (Phi) is 4.53. The van der Waals surface area contributed by atoms with Crippen molar-refractivity contribution in [3.63, 3.8) is 0 Å². The molecule has 0 atom stereocenters. The van der Waals surface area contributed by atoms with Crippen LogP contribution < -0.4 is 10.2 Å². The molecular formula is C17H23N4O+. The maximum Gasteiger partial charge on any atom is 0.269 e. The number of quaternary nitrogens is 1. The van der Waals surface area contributed by atoms with Crippen molar-refractivity contribution in [3.05, 3.63) is 53.9 Å². The van der Waals surface area contributed by atoms with Crippen LogP contribution in [0.25, 0.3) is 0 Å². The van der Waals surface area contributed by atoms with Gasteiger partial charge < -0.3 is 10.2 Å². The van der Waals surface area contributed by atoms with Crippen LogP contribution in [-0.4, -0.2) is 34.8 Å². The number of amides is 1. The second kappa shape index (κ2) is 6.75. The van der Waals surface area contributed by atoms with Crippen LogP contribution in [0.15, 0.2) is 42.6 Å². The number of hydrogen-bond donors (Lipinski definition) is 2. The summed E-state index contributed by atoms with van der Waals surface area (Å²) in [5, 5.41) is 7.17. The lowest BCUT2D eigenvalue weighted by Crippen LogP contribution is -3.12. The third-order valence-electron chi connectivity index (χ3n) is 4.38. The average Bonchev–Trinajstić information content (AvgIpc) is 2.96. The van der Waals surface area contributed by atoms with Crippen molar-refractivity contribution in [1.82, 2.24) is 15.1 Å². The van der Waals surface area contributed by atoms with Gasteiger partial charge in [-0.2, -0.15) is 5.10 Å². The van der Waals surface area contributed by atoms with E-state index in [0.29, 0.717) is 5.69 Å². The van der Waals surface area contributed by atoms with E-state index < -0.39 is 0 Å². The number of nitrogens with zero attached hydrogens (tertiary/aromatic N) is 2. The Morgan fingerprint density at radius 3 is 2.64 bits per heavy atom. The average molecular weight is 299 g/mol. The van der Waals surface area contributed by atoms with Crippen LogP contribution in [0.5, 0.6) is 0 Å². The first-order valence-electron chi connectivity index (χ1n) is 7.89. The van der Waals surface area contributed by atoms with Gasteiger partial charge in [0.15, 0.2) is 0 Å². The zero-order valence-electron chi connectivity index (χ0n) is 13.0. The highest BCUT2D eigenvalue weighted by Crippen LogP contribution is 2.04. The Morgan fingerprint density at radius 2 is 2.00 bits per heavy atom. The van der Waals surface area contributed by atoms with Gasteiger partial charge in [-0.15, -0.1) is 0 Å². The molecule has 116 valence electrons. The van der Waals surface area contributed by atoms with Crippen molar-refractivity contribution >= 4 is 5.91 Å². The number of carbonyl (C=O) groups excluding carboxylic acids is 1. The first-order valence-corrected chi connectivity index (χ1v) is 7.89. The lowest BCUT2D eigenvalue weighted by molar-refractivity contribution is -0.918. The molecule has 5 heteroatoms. The Balaban J connectivity index is 1.48. The van der Waals surface area contributed by atoms with Gasteiger partial charge in [-0.3, -0.25) is 9.48 Å². The van der Waals surface area contributed by atoms with E-state index in [2.05, 4.69) is 40.7 Å². The minimum Gasteiger partial charge on any atom is -0.348 e. The van der Waals surface area contributed by atoms with Gasteiger partial charge in [-0.25, -0.2) is 0 Å². The minimum atomic E-state index is -0.0171. The number of piperidine rings is 1. The summed E-state index contributed by atoms with van der Waals surface area (Å²) in [6, 6.07) is 12.6. The molecular weight excluding hydrogens is 276 g/mol. The molecule has 0 spiro atoms. The van der Waals surface area contributed by atoms with Crippen molar-refractivity contribution in [2.75, 3.05) is 13.1 Å². The number of aromatic nitrogens is 2. The molecule has 22 heavy (non-hydrogen) atoms. The molecule has 1 aliphatic rings. The minimum absolute atomic E-state index is 0.0171. The van der Waals surface area contributed by atoms with Crippen molar-refractivity contribution in [1.29, 1.82) is 0 Å². The van der Waals surface area contributed by atoms with E-state index in [1.807, 2.05) is 0 Å². The van der Waals surface area contributed by atoms with Crippen LogP contribution in [0, 0.1) is 0 Å². The number of rotatable bonds is 4. The predicted octanol–water partition coefficient (Wildman–Crippen LogP) is 0.397. The fourth-order valence-electron chi connectivity index (χ4n) is 3.09. The highest BCUT2D eigenvalue weighted by Gasteiger charge is 2.24. The van der Waals surface area contributed by atoms with Gasteiger partial charge in [0, 0.05) is 37.7 Å². The van der Waals surface area contributed by atoms with Gasteiger partial charge in [-0.1, -0.05) is 30.3 Å². The Labute approximate surface area is 130 Å². The number of aryl methyl sites for hydroxylation is 1. The quantitative estimate of drug-likeness (QED) is 0.858. The summed E-state index contributed by atoms with van der Waals surface area (Å²) in [7, 11) is 1.79. The number of nitrogens with one attached hydrogen (secondary N) is 2. The molecule has 1 fully saturated rings. The third-order valence-corrected chi connectivity index (χ3v) is 4.38. The predicted molar refractivity (Wildman–Crippen MR) is 84.5 cm³/mol. The summed E-state index contributed by atoms with van der Waals surface area (Å²) in [6.07, 6.45) is 3.72. The topological polar surface area (TPSA) is 51.4 Å². The third kappa shape index (κ3) is 3.54. The van der Waals surface area contributed by atoms with Crippen molar-refractivity contribution in [2.24, 2.45) is 7.05 Å². The molecule has 2 aromatic rings. The van der Waals surface area contributed by atoms with Gasteiger partial charge in [0.25, 0.3) is 5.91 Å². The van der Waals surface area contributed by atoms with E-state index in [4.69, 9.17) is 0 Å². The standard InChI is InChI=1S/C17H22N4O/c1-20-16(7-10-18-20)17(22)19-15-8-11-21(12-9-15)13-14-5-3-2-4-6-14/h2-7,10,15H,8-9,11-13H2,1H3,(H,19,22)/p+1. The second-order valence-electron chi connectivity index (χ2n) is 6.00. The van der Waals surface area contributed by atoms with E-state index in [1.54, 1.807) is 28.9 Å². The number of carbonyl (C=O) groups is 1. The van der Waals surface area contributed by atoms with Crippen LogP contribution in [0.1, 0.15) is 28.9 Å². The summed E-state index contributed by atoms with van der Waals surface area (Å²) in [6.45, 7) is 3.28. The summed E-state index contributed by atoms with van der Waals surface area (Å²) in [5.41, 5.74) is 2.01. The summed E-state index contributed by atoms with van der Waals surface area (Å²) >= 11 is 0. The summed E-state index contributed by atoms with van der Waals surface area (Å²) in [5.74, 6) is -0.0171. The van der Waals surface area contributed by atoms with E-state index in [-0.39, 0.29) is 11.9 Å². The first-order chi connectivity index (χ1) is 10.7. The normalized spacial score (nSPS) is 21.5. The molecule has 1 aliphatic heterocycles.